The van der Waals surface area contributed by atoms with E-state index in [2.05, 4.69) is 57.1 Å². The average Bonchev–Trinajstić information content (AvgIpc) is 2.62. The van der Waals surface area contributed by atoms with Crippen LogP contribution in [0.1, 0.15) is 43.9 Å². The summed E-state index contributed by atoms with van der Waals surface area (Å²) in [6, 6.07) is 4.51. The van der Waals surface area contributed by atoms with Gasteiger partial charge in [-0.3, -0.25) is 0 Å². The van der Waals surface area contributed by atoms with Gasteiger partial charge in [-0.05, 0) is 52.9 Å². The molecule has 0 bridgehead atoms. The van der Waals surface area contributed by atoms with E-state index >= 15 is 0 Å². The van der Waals surface area contributed by atoms with E-state index in [0.717, 1.165) is 13.1 Å². The van der Waals surface area contributed by atoms with Gasteiger partial charge in [0.2, 0.25) is 0 Å². The monoisotopic (exact) mass is 254 g/mol. The smallest absolute Gasteiger partial charge is 0.0324 e. The van der Waals surface area contributed by atoms with Crippen LogP contribution in [0.5, 0.6) is 0 Å². The van der Waals surface area contributed by atoms with Crippen LogP contribution in [0.4, 0.5) is 0 Å². The summed E-state index contributed by atoms with van der Waals surface area (Å²) in [5, 5.41) is 3.53. The Labute approximate surface area is 110 Å². The second-order valence-electron chi connectivity index (χ2n) is 5.71. The van der Waals surface area contributed by atoms with Gasteiger partial charge in [0.05, 0.1) is 0 Å². The molecule has 0 aliphatic carbocycles. The van der Waals surface area contributed by atoms with Crippen molar-refractivity contribution < 1.29 is 0 Å². The normalized spacial score (nSPS) is 12.4. The Kier molecular flexibility index (Phi) is 5.63. The van der Waals surface area contributed by atoms with Crippen LogP contribution in [0, 0.1) is 0 Å². The molecule has 0 unspecified atom stereocenters. The number of nitrogens with zero attached hydrogens (tertiary/aromatic N) is 1. The van der Waals surface area contributed by atoms with E-state index in [-0.39, 0.29) is 5.54 Å². The van der Waals surface area contributed by atoms with Crippen molar-refractivity contribution in [2.24, 2.45) is 0 Å². The van der Waals surface area contributed by atoms with Crippen LogP contribution < -0.4 is 5.32 Å². The summed E-state index contributed by atoms with van der Waals surface area (Å²) in [5.41, 5.74) is 0.198. The van der Waals surface area contributed by atoms with Crippen molar-refractivity contribution in [3.8, 4) is 0 Å². The molecule has 0 aliphatic heterocycles. The van der Waals surface area contributed by atoms with E-state index in [1.807, 2.05) is 11.3 Å². The van der Waals surface area contributed by atoms with Gasteiger partial charge < -0.3 is 10.2 Å². The fraction of sp³-hybridized carbons (Fsp3) is 0.714. The quantitative estimate of drug-likeness (QED) is 0.836. The van der Waals surface area contributed by atoms with E-state index in [1.54, 1.807) is 0 Å². The second kappa shape index (κ2) is 6.53. The van der Waals surface area contributed by atoms with Crippen LogP contribution in [-0.2, 0) is 13.1 Å². The van der Waals surface area contributed by atoms with E-state index < -0.39 is 0 Å². The third-order valence-corrected chi connectivity index (χ3v) is 3.61. The molecule has 0 amide bonds. The van der Waals surface area contributed by atoms with Gasteiger partial charge in [0.1, 0.15) is 0 Å². The summed E-state index contributed by atoms with van der Waals surface area (Å²) in [4.78, 5) is 5.28. The zero-order chi connectivity index (χ0) is 12.9. The molecule has 1 aromatic rings. The average molecular weight is 254 g/mol. The van der Waals surface area contributed by atoms with Crippen LogP contribution in [-0.4, -0.2) is 24.0 Å². The molecule has 0 fully saturated rings. The molecule has 1 rings (SSSR count). The van der Waals surface area contributed by atoms with Gasteiger partial charge in [-0.2, -0.15) is 0 Å². The van der Waals surface area contributed by atoms with Crippen molar-refractivity contribution in [1.29, 1.82) is 0 Å². The molecule has 17 heavy (non-hydrogen) atoms. The molecule has 0 saturated heterocycles. The Morgan fingerprint density at radius 3 is 2.47 bits per heavy atom. The van der Waals surface area contributed by atoms with E-state index in [1.165, 1.54) is 22.7 Å². The lowest BCUT2D eigenvalue weighted by Gasteiger charge is -2.19. The van der Waals surface area contributed by atoms with Crippen molar-refractivity contribution in [3.63, 3.8) is 0 Å². The maximum Gasteiger partial charge on any atom is 0.0324 e. The molecular weight excluding hydrogens is 228 g/mol. The zero-order valence-electron chi connectivity index (χ0n) is 11.8. The fourth-order valence-corrected chi connectivity index (χ4v) is 2.72. The van der Waals surface area contributed by atoms with Crippen LogP contribution in [0.2, 0.25) is 0 Å². The minimum absolute atomic E-state index is 0.198. The lowest BCUT2D eigenvalue weighted by Crippen LogP contribution is -2.34. The van der Waals surface area contributed by atoms with Gasteiger partial charge in [-0.25, -0.2) is 0 Å². The van der Waals surface area contributed by atoms with E-state index in [4.69, 9.17) is 0 Å². The number of rotatable bonds is 6. The van der Waals surface area contributed by atoms with Gasteiger partial charge in [0.25, 0.3) is 0 Å². The molecule has 0 aromatic carbocycles. The molecule has 0 atom stereocenters. The highest BCUT2D eigenvalue weighted by Gasteiger charge is 2.09. The van der Waals surface area contributed by atoms with E-state index in [9.17, 15) is 0 Å². The maximum absolute atomic E-state index is 3.53. The summed E-state index contributed by atoms with van der Waals surface area (Å²) < 4.78 is 0. The summed E-state index contributed by atoms with van der Waals surface area (Å²) in [7, 11) is 2.19. The largest absolute Gasteiger partial charge is 0.307 e. The van der Waals surface area contributed by atoms with Crippen LogP contribution >= 0.6 is 11.3 Å². The maximum atomic E-state index is 3.53. The first-order valence-corrected chi connectivity index (χ1v) is 7.23. The summed E-state index contributed by atoms with van der Waals surface area (Å²) in [6.45, 7) is 12.1. The first-order valence-electron chi connectivity index (χ1n) is 6.42. The highest BCUT2D eigenvalue weighted by Crippen LogP contribution is 2.18. The fourth-order valence-electron chi connectivity index (χ4n) is 1.68. The first-order chi connectivity index (χ1) is 7.90. The predicted octanol–water partition coefficient (Wildman–Crippen LogP) is 3.48. The number of hydrogen-bond acceptors (Lipinski definition) is 3. The Morgan fingerprint density at radius 2 is 1.88 bits per heavy atom. The Morgan fingerprint density at radius 1 is 1.24 bits per heavy atom. The van der Waals surface area contributed by atoms with Gasteiger partial charge in [-0.1, -0.05) is 6.92 Å². The van der Waals surface area contributed by atoms with E-state index in [0.29, 0.717) is 0 Å². The van der Waals surface area contributed by atoms with Gasteiger partial charge in [-0.15, -0.1) is 11.3 Å². The lowest BCUT2D eigenvalue weighted by molar-refractivity contribution is 0.330. The third kappa shape index (κ3) is 6.20. The molecule has 1 N–H and O–H groups in total. The minimum atomic E-state index is 0.198. The highest BCUT2D eigenvalue weighted by molar-refractivity contribution is 7.11. The van der Waals surface area contributed by atoms with Crippen molar-refractivity contribution in [2.75, 3.05) is 13.6 Å². The molecule has 0 saturated carbocycles. The molecule has 1 aromatic heterocycles. The van der Waals surface area contributed by atoms with Crippen LogP contribution in [0.15, 0.2) is 12.1 Å². The van der Waals surface area contributed by atoms with Crippen molar-refractivity contribution in [3.05, 3.63) is 21.9 Å². The van der Waals surface area contributed by atoms with Crippen LogP contribution in [0.3, 0.4) is 0 Å². The standard InChI is InChI=1S/C14H26N2S/c1-6-9-16(5)11-13-8-7-12(17-13)10-15-14(2,3)4/h7-8,15H,6,9-11H2,1-5H3. The number of thiophene rings is 1. The van der Waals surface area contributed by atoms with Gasteiger partial charge >= 0.3 is 0 Å². The first kappa shape index (κ1) is 14.7. The topological polar surface area (TPSA) is 15.3 Å². The molecule has 2 nitrogen and oxygen atoms in total. The van der Waals surface area contributed by atoms with Gasteiger partial charge in [0.15, 0.2) is 0 Å². The molecule has 98 valence electrons. The molecule has 3 heteroatoms. The minimum Gasteiger partial charge on any atom is -0.307 e. The SMILES string of the molecule is CCCN(C)Cc1ccc(CNC(C)(C)C)s1. The third-order valence-electron chi connectivity index (χ3n) is 2.54. The predicted molar refractivity (Wildman–Crippen MR) is 77.5 cm³/mol. The molecular formula is C14H26N2S. The molecule has 0 spiro atoms. The number of nitrogens with one attached hydrogen (secondary N) is 1. The van der Waals surface area contributed by atoms with Crippen molar-refractivity contribution in [1.82, 2.24) is 10.2 Å². The summed E-state index contributed by atoms with van der Waals surface area (Å²) in [5.74, 6) is 0. The Balaban J connectivity index is 2.42. The zero-order valence-corrected chi connectivity index (χ0v) is 12.7. The Hall–Kier alpha value is -0.380. The van der Waals surface area contributed by atoms with Crippen LogP contribution in [0.25, 0.3) is 0 Å². The molecule has 1 heterocycles. The number of hydrogen-bond donors (Lipinski definition) is 1. The van der Waals surface area contributed by atoms with Crippen molar-refractivity contribution >= 4 is 11.3 Å². The van der Waals surface area contributed by atoms with Crippen molar-refractivity contribution in [2.45, 2.75) is 52.7 Å². The Bertz CT molecular complexity index is 325. The van der Waals surface area contributed by atoms with Gasteiger partial charge in [0, 0.05) is 28.4 Å². The highest BCUT2D eigenvalue weighted by atomic mass is 32.1. The molecule has 0 radical (unpaired) electrons. The second-order valence-corrected chi connectivity index (χ2v) is 6.96. The summed E-state index contributed by atoms with van der Waals surface area (Å²) >= 11 is 1.92. The lowest BCUT2D eigenvalue weighted by atomic mass is 10.1. The summed E-state index contributed by atoms with van der Waals surface area (Å²) in [6.07, 6.45) is 1.22. The molecule has 0 aliphatic rings.